The van der Waals surface area contributed by atoms with Crippen LogP contribution < -0.4 is 60.2 Å². The van der Waals surface area contributed by atoms with Gasteiger partial charge in [0.15, 0.2) is 5.60 Å². The zero-order valence-electron chi connectivity index (χ0n) is 70.5. The Bertz CT molecular complexity index is 5350. The van der Waals surface area contributed by atoms with E-state index in [0.717, 1.165) is 43.2 Å². The molecular formula is C111H105Cl4O7P2Ru2+3. The molecule has 0 aliphatic heterocycles. The first-order valence-electron chi connectivity index (χ1n) is 39.9. The number of benzene rings is 16. The minimum absolute atomic E-state index is 0. The molecule has 0 aromatic heterocycles. The summed E-state index contributed by atoms with van der Waals surface area (Å²) >= 11 is -2.46. The molecule has 0 spiro atoms. The van der Waals surface area contributed by atoms with Crippen molar-refractivity contribution in [3.05, 3.63) is 483 Å². The molecule has 16 aromatic rings. The van der Waals surface area contributed by atoms with Crippen LogP contribution >= 0.6 is 54.6 Å². The van der Waals surface area contributed by atoms with Crippen molar-refractivity contribution in [1.29, 1.82) is 0 Å². The van der Waals surface area contributed by atoms with Gasteiger partial charge in [0.05, 0.1) is 37.2 Å². The van der Waals surface area contributed by atoms with E-state index in [4.69, 9.17) is 73.6 Å². The summed E-state index contributed by atoms with van der Waals surface area (Å²) in [6.07, 6.45) is 7.72. The Kier molecular flexibility index (Phi) is 41.5. The minimum Gasteiger partial charge on any atom is -0.0622 e. The van der Waals surface area contributed by atoms with E-state index >= 15 is 0 Å². The smallest absolute Gasteiger partial charge is 0.0622 e. The van der Waals surface area contributed by atoms with Gasteiger partial charge in [-0.3, -0.25) is 0 Å². The number of fused-ring (bicyclic) bond motifs is 1. The minimum atomic E-state index is -2.12. The van der Waals surface area contributed by atoms with Crippen molar-refractivity contribution in [1.82, 2.24) is 0 Å². The van der Waals surface area contributed by atoms with Crippen LogP contribution in [-0.4, -0.2) is 51.9 Å². The molecule has 0 heterocycles. The number of allylic oxidation sites excluding steroid dienone is 1. The predicted molar refractivity (Wildman–Crippen MR) is 538 cm³/mol. The third kappa shape index (κ3) is 29.1. The summed E-state index contributed by atoms with van der Waals surface area (Å²) in [4.78, 5) is 0. The fourth-order valence-electron chi connectivity index (χ4n) is 13.7. The molecule has 16 aromatic carbocycles. The molecule has 1 N–H and O–H groups in total. The van der Waals surface area contributed by atoms with Gasteiger partial charge < -0.3 is 19.3 Å². The molecule has 1 atom stereocenters. The van der Waals surface area contributed by atoms with Crippen LogP contribution in [0, 0.1) is 26.2 Å². The number of rotatable bonds is 18. The second kappa shape index (κ2) is 53.2. The SMILES string of the molecule is C.C#CC(O)(c1cc(C)cc(OC)c1)c1cc(OC)cc(OC)c1.[2HH].[CH2+]c1cc(OC)cc2c1[C](=[Ru]([Cl])[Cl])C=C2c1cc(OC)cc(OC)c1.[Cl][Ru][Cl].c1ccc(-c2ccccc2)cc1.c1ccc(-c2ccccc2)cc1.c1ccc(-c2ccccc2)cc1.c1ccc([PH+](c2ccccc2)c2ccccc2)cc1.c1ccc([PH+](c2ccccc2)c2ccccc2)cc1. The van der Waals surface area contributed by atoms with Crippen LogP contribution in [0.25, 0.3) is 39.0 Å². The predicted octanol–water partition coefficient (Wildman–Crippen LogP) is 26.3. The van der Waals surface area contributed by atoms with Gasteiger partial charge in [0, 0.05) is 18.6 Å². The third-order valence-corrected chi connectivity index (χ3v) is 28.3. The Morgan fingerprint density at radius 1 is 0.333 bits per heavy atom. The van der Waals surface area contributed by atoms with Crippen molar-refractivity contribution >= 4 is 96.1 Å². The quantitative estimate of drug-likeness (QED) is 0.0397. The molecule has 0 saturated carbocycles. The Morgan fingerprint density at radius 3 is 0.794 bits per heavy atom. The van der Waals surface area contributed by atoms with E-state index in [0.29, 0.717) is 39.9 Å². The molecule has 0 bridgehead atoms. The first-order valence-corrected chi connectivity index (χ1v) is 52.7. The third-order valence-electron chi connectivity index (χ3n) is 19.7. The van der Waals surface area contributed by atoms with Gasteiger partial charge in [-0.15, -0.1) is 6.42 Å². The fourth-order valence-corrected chi connectivity index (χ4v) is 21.4. The van der Waals surface area contributed by atoms with Gasteiger partial charge in [-0.05, 0) is 143 Å². The van der Waals surface area contributed by atoms with Crippen LogP contribution in [0.5, 0.6) is 34.5 Å². The van der Waals surface area contributed by atoms with Crippen molar-refractivity contribution < 1.29 is 63.6 Å². The van der Waals surface area contributed by atoms with Gasteiger partial charge >= 0.3 is 195 Å². The van der Waals surface area contributed by atoms with E-state index in [1.54, 1.807) is 66.9 Å². The van der Waals surface area contributed by atoms with E-state index in [-0.39, 0.29) is 24.0 Å². The van der Waals surface area contributed by atoms with Gasteiger partial charge in [0.2, 0.25) is 0 Å². The summed E-state index contributed by atoms with van der Waals surface area (Å²) in [7, 11) is 30.2. The number of hydrogen-bond donors (Lipinski definition) is 1. The molecule has 15 heteroatoms. The zero-order valence-corrected chi connectivity index (χ0v) is 79.0. The largest absolute Gasteiger partial charge is 0.102 e. The van der Waals surface area contributed by atoms with E-state index < -0.39 is 35.0 Å². The maximum absolute atomic E-state index is 11.1. The molecule has 1 aliphatic carbocycles. The zero-order chi connectivity index (χ0) is 88.4. The monoisotopic (exact) mass is 1960 g/mol. The maximum atomic E-state index is 11.1. The van der Waals surface area contributed by atoms with Crippen molar-refractivity contribution in [2.75, 3.05) is 42.7 Å². The standard InChI is InChI=1S/C19H20O4.C19H17O3.2C18H15P.3C12H10.CH4.4ClH.2Ru.H2/c1-6-19(20,14-7-13(2)8-16(9-14)21-3)15-10-17(22-4)12-18(11-15)23-5;1-12-7-14(20-2)11-19-17(12)5-6-18(19)13-8-15(21-3)10-16(9-13)22-4;2*1-4-10-16(11-5-1)19(17-12-6-2-7-13-17)18-14-8-3-9-15-18;3*1-3-7-11(8-4-1)12-9-5-2-6-10-12;;;;;;;;/h1,7-12,20H,2-5H3;6-11H,1H2,2-4H3;2*1-15H;3*1-10H;1H4;4*1H;;;1H/q;+1;;;;;;;;;;;2*+2;/p-2/i;;;;;;;;;;;;;;1+1. The molecule has 1 aliphatic rings. The molecule has 0 radical (unpaired) electrons. The van der Waals surface area contributed by atoms with Gasteiger partial charge in [0.1, 0.15) is 49.1 Å². The second-order valence-electron chi connectivity index (χ2n) is 27.8. The fraction of sp³-hybridized carbons (Fsp3) is 0.0811. The number of aryl methyl sites for hydroxylation is 1. The maximum Gasteiger partial charge on any atom is 0.102 e. The number of methoxy groups -OCH3 is 6. The molecule has 0 saturated heterocycles. The summed E-state index contributed by atoms with van der Waals surface area (Å²) in [5.74, 6) is 6.38. The Hall–Kier alpha value is -11.4. The van der Waals surface area contributed by atoms with E-state index in [1.165, 1.54) is 65.2 Å². The van der Waals surface area contributed by atoms with Gasteiger partial charge in [-0.1, -0.05) is 311 Å². The average molecular weight is 1960 g/mol. The van der Waals surface area contributed by atoms with Crippen molar-refractivity contribution in [2.45, 2.75) is 20.0 Å². The number of terminal acetylenes is 1. The summed E-state index contributed by atoms with van der Waals surface area (Å²) < 4.78 is 32.9. The van der Waals surface area contributed by atoms with Crippen LogP contribution in [0.3, 0.4) is 0 Å². The molecule has 0 amide bonds. The van der Waals surface area contributed by atoms with Crippen LogP contribution in [0.15, 0.2) is 437 Å². The molecule has 1 unspecified atom stereocenters. The second-order valence-corrected chi connectivity index (χ2v) is 41.2. The van der Waals surface area contributed by atoms with E-state index in [1.807, 2.05) is 91.9 Å². The molecule has 7 nitrogen and oxygen atoms in total. The summed E-state index contributed by atoms with van der Waals surface area (Å²) in [6, 6.07) is 148. The van der Waals surface area contributed by atoms with Crippen LogP contribution in [0.1, 0.15) is 47.8 Å². The first kappa shape index (κ1) is 98.4. The van der Waals surface area contributed by atoms with Crippen molar-refractivity contribution in [3.63, 3.8) is 0 Å². The first-order chi connectivity index (χ1) is 61.1. The summed E-state index contributed by atoms with van der Waals surface area (Å²) in [6.45, 7) is 6.06. The topological polar surface area (TPSA) is 75.6 Å². The van der Waals surface area contributed by atoms with Crippen LogP contribution in [-0.2, 0) is 34.3 Å². The molecule has 17 rings (SSSR count). The molecule has 126 heavy (non-hydrogen) atoms. The Morgan fingerprint density at radius 2 is 0.556 bits per heavy atom. The van der Waals surface area contributed by atoms with Gasteiger partial charge in [-0.25, -0.2) is 0 Å². The van der Waals surface area contributed by atoms with Crippen LogP contribution in [0.4, 0.5) is 0 Å². The molecule has 0 fully saturated rings. The number of ether oxygens (including phenoxy) is 6. The van der Waals surface area contributed by atoms with Gasteiger partial charge in [-0.2, -0.15) is 0 Å². The normalized spacial score (nSPS) is 11.1. The molecular weight excluding hydrogens is 1850 g/mol. The number of halogens is 4. The Labute approximate surface area is 778 Å². The molecule has 642 valence electrons. The van der Waals surface area contributed by atoms with E-state index in [2.05, 4.69) is 340 Å². The Balaban J connectivity index is 0.000000185. The van der Waals surface area contributed by atoms with Crippen LogP contribution in [0.2, 0.25) is 0 Å². The van der Waals surface area contributed by atoms with Crippen molar-refractivity contribution in [2.24, 2.45) is 0 Å². The number of aliphatic hydroxyl groups is 1. The average Bonchev–Trinajstić information content (AvgIpc) is 1.00. The van der Waals surface area contributed by atoms with Crippen molar-refractivity contribution in [3.8, 4) is 80.2 Å². The summed E-state index contributed by atoms with van der Waals surface area (Å²) in [5, 5.41) is 19.8. The van der Waals surface area contributed by atoms with Gasteiger partial charge in [0.25, 0.3) is 0 Å². The number of hydrogen-bond acceptors (Lipinski definition) is 7. The summed E-state index contributed by atoms with van der Waals surface area (Å²) in [5.41, 5.74) is 12.8. The van der Waals surface area contributed by atoms with E-state index in [9.17, 15) is 5.11 Å².